The summed E-state index contributed by atoms with van der Waals surface area (Å²) in [5.74, 6) is 0.0596. The Morgan fingerprint density at radius 2 is 2.50 bits per heavy atom. The fourth-order valence-corrected chi connectivity index (χ4v) is 1.67. The molecule has 1 amide bonds. The Morgan fingerprint density at radius 3 is 3.15 bits per heavy atom. The van der Waals surface area contributed by atoms with Crippen molar-refractivity contribution in [3.05, 3.63) is 23.5 Å². The van der Waals surface area contributed by atoms with E-state index in [9.17, 15) is 4.79 Å². The van der Waals surface area contributed by atoms with Crippen LogP contribution in [-0.2, 0) is 16.1 Å². The Morgan fingerprint density at radius 1 is 1.70 bits per heavy atom. The molecule has 0 atom stereocenters. The lowest BCUT2D eigenvalue weighted by Crippen LogP contribution is -2.26. The third kappa shape index (κ3) is 5.43. The van der Waals surface area contributed by atoms with Gasteiger partial charge in [0, 0.05) is 37.9 Å². The molecular weight excluding hydrogens is 280 g/mol. The van der Waals surface area contributed by atoms with E-state index in [0.717, 1.165) is 0 Å². The van der Waals surface area contributed by atoms with Gasteiger partial charge in [0.25, 0.3) is 5.91 Å². The van der Waals surface area contributed by atoms with Crippen molar-refractivity contribution in [2.75, 3.05) is 26.1 Å². The van der Waals surface area contributed by atoms with Crippen LogP contribution in [0.4, 0.5) is 0 Å². The van der Waals surface area contributed by atoms with Crippen molar-refractivity contribution in [1.29, 1.82) is 5.26 Å². The largest absolute Gasteiger partial charge is 0.385 e. The Balaban J connectivity index is 2.61. The first kappa shape index (κ1) is 16.2. The number of hydrogen-bond donors (Lipinski definition) is 1. The van der Waals surface area contributed by atoms with E-state index in [1.165, 1.54) is 6.08 Å². The van der Waals surface area contributed by atoms with Crippen molar-refractivity contribution < 1.29 is 9.53 Å². The maximum Gasteiger partial charge on any atom is 0.261 e. The van der Waals surface area contributed by atoms with E-state index < -0.39 is 5.91 Å². The molecular formula is C13H17ClN4O2. The summed E-state index contributed by atoms with van der Waals surface area (Å²) in [7, 11) is 1.60. The van der Waals surface area contributed by atoms with E-state index in [2.05, 4.69) is 10.4 Å². The average molecular weight is 297 g/mol. The van der Waals surface area contributed by atoms with Crippen molar-refractivity contribution >= 4 is 23.6 Å². The van der Waals surface area contributed by atoms with Crippen LogP contribution in [0.15, 0.2) is 18.0 Å². The van der Waals surface area contributed by atoms with Gasteiger partial charge in [0.1, 0.15) is 11.6 Å². The first-order valence-corrected chi connectivity index (χ1v) is 6.72. The molecule has 0 spiro atoms. The fraction of sp³-hybridized carbons (Fsp3) is 0.462. The molecule has 0 aliphatic rings. The fourth-order valence-electron chi connectivity index (χ4n) is 1.49. The number of rotatable bonds is 8. The van der Waals surface area contributed by atoms with Crippen molar-refractivity contribution in [3.8, 4) is 6.07 Å². The van der Waals surface area contributed by atoms with Crippen molar-refractivity contribution in [3.63, 3.8) is 0 Å². The van der Waals surface area contributed by atoms with Gasteiger partial charge in [-0.2, -0.15) is 10.4 Å². The van der Waals surface area contributed by atoms with Crippen LogP contribution in [0.5, 0.6) is 0 Å². The minimum Gasteiger partial charge on any atom is -0.385 e. The second kappa shape index (κ2) is 9.13. The van der Waals surface area contributed by atoms with Gasteiger partial charge in [0.2, 0.25) is 0 Å². The van der Waals surface area contributed by atoms with Crippen LogP contribution < -0.4 is 5.32 Å². The summed E-state index contributed by atoms with van der Waals surface area (Å²) in [4.78, 5) is 11.8. The maximum absolute atomic E-state index is 11.8. The highest BCUT2D eigenvalue weighted by Gasteiger charge is 2.08. The number of aryl methyl sites for hydroxylation is 1. The van der Waals surface area contributed by atoms with Crippen LogP contribution in [0.3, 0.4) is 0 Å². The number of nitrogens with one attached hydrogen (secondary N) is 1. The molecule has 0 unspecified atom stereocenters. The van der Waals surface area contributed by atoms with Gasteiger partial charge >= 0.3 is 0 Å². The van der Waals surface area contributed by atoms with Crippen LogP contribution in [0, 0.1) is 11.3 Å². The number of aromatic nitrogens is 2. The van der Waals surface area contributed by atoms with Crippen LogP contribution in [-0.4, -0.2) is 41.8 Å². The normalized spacial score (nSPS) is 11.2. The van der Waals surface area contributed by atoms with Crippen LogP contribution in [0.25, 0.3) is 6.08 Å². The summed E-state index contributed by atoms with van der Waals surface area (Å²) in [5.41, 5.74) is 0.742. The highest BCUT2D eigenvalue weighted by atomic mass is 35.5. The molecule has 7 heteroatoms. The molecule has 108 valence electrons. The predicted octanol–water partition coefficient (Wildman–Crippen LogP) is 1.18. The maximum atomic E-state index is 11.8. The molecule has 1 N–H and O–H groups in total. The molecule has 0 fully saturated rings. The van der Waals surface area contributed by atoms with E-state index in [1.807, 2.05) is 6.07 Å². The monoisotopic (exact) mass is 296 g/mol. The second-order valence-electron chi connectivity index (χ2n) is 4.00. The molecule has 20 heavy (non-hydrogen) atoms. The third-order valence-electron chi connectivity index (χ3n) is 2.45. The van der Waals surface area contributed by atoms with Crippen LogP contribution in [0.1, 0.15) is 12.0 Å². The second-order valence-corrected chi connectivity index (χ2v) is 4.38. The summed E-state index contributed by atoms with van der Waals surface area (Å²) in [5, 5.41) is 15.8. The van der Waals surface area contributed by atoms with Gasteiger partial charge in [-0.3, -0.25) is 9.48 Å². The Kier molecular flexibility index (Phi) is 7.40. The molecule has 0 saturated heterocycles. The molecule has 1 heterocycles. The summed E-state index contributed by atoms with van der Waals surface area (Å²) in [6, 6.07) is 1.89. The lowest BCUT2D eigenvalue weighted by atomic mass is 10.2. The van der Waals surface area contributed by atoms with Gasteiger partial charge < -0.3 is 10.1 Å². The minimum absolute atomic E-state index is 0.0489. The number of ether oxygens (including phenoxy) is 1. The number of carbonyl (C=O) groups excluding carboxylic acids is 1. The average Bonchev–Trinajstić information content (AvgIpc) is 2.88. The van der Waals surface area contributed by atoms with Crippen molar-refractivity contribution in [2.24, 2.45) is 0 Å². The van der Waals surface area contributed by atoms with Crippen molar-refractivity contribution in [2.45, 2.75) is 13.0 Å². The zero-order valence-corrected chi connectivity index (χ0v) is 12.1. The molecule has 0 aliphatic carbocycles. The molecule has 0 aliphatic heterocycles. The van der Waals surface area contributed by atoms with E-state index in [-0.39, 0.29) is 5.57 Å². The van der Waals surface area contributed by atoms with E-state index in [0.29, 0.717) is 37.6 Å². The number of methoxy groups -OCH3 is 1. The van der Waals surface area contributed by atoms with E-state index >= 15 is 0 Å². The van der Waals surface area contributed by atoms with Crippen molar-refractivity contribution in [1.82, 2.24) is 15.1 Å². The molecule has 6 nitrogen and oxygen atoms in total. The zero-order chi connectivity index (χ0) is 14.8. The van der Waals surface area contributed by atoms with Crippen LogP contribution >= 0.6 is 11.6 Å². The summed E-state index contributed by atoms with van der Waals surface area (Å²) in [6.07, 6.45) is 5.53. The molecule has 0 radical (unpaired) electrons. The van der Waals surface area contributed by atoms with Gasteiger partial charge in [-0.1, -0.05) is 0 Å². The Bertz CT molecular complexity index is 505. The number of nitriles is 1. The number of nitrogens with zero attached hydrogens (tertiary/aromatic N) is 3. The number of alkyl halides is 1. The first-order chi connectivity index (χ1) is 9.71. The predicted molar refractivity (Wildman–Crippen MR) is 76.0 cm³/mol. The SMILES string of the molecule is COCCCNC(=O)/C(C#N)=C\c1cnn(CCCl)c1. The third-order valence-corrected chi connectivity index (χ3v) is 2.62. The molecule has 0 bridgehead atoms. The molecule has 0 aromatic carbocycles. The lowest BCUT2D eigenvalue weighted by molar-refractivity contribution is -0.117. The highest BCUT2D eigenvalue weighted by Crippen LogP contribution is 2.06. The number of halogens is 1. The smallest absolute Gasteiger partial charge is 0.261 e. The summed E-state index contributed by atoms with van der Waals surface area (Å²) < 4.78 is 6.54. The number of amides is 1. The number of hydrogen-bond acceptors (Lipinski definition) is 4. The van der Waals surface area contributed by atoms with Gasteiger partial charge in [0.15, 0.2) is 0 Å². The quantitative estimate of drug-likeness (QED) is 0.338. The van der Waals surface area contributed by atoms with Gasteiger partial charge in [-0.25, -0.2) is 0 Å². The molecule has 1 rings (SSSR count). The topological polar surface area (TPSA) is 79.9 Å². The summed E-state index contributed by atoms with van der Waals surface area (Å²) >= 11 is 5.61. The Hall–Kier alpha value is -1.84. The molecule has 0 saturated carbocycles. The summed E-state index contributed by atoms with van der Waals surface area (Å²) in [6.45, 7) is 1.62. The van der Waals surface area contributed by atoms with Gasteiger partial charge in [0.05, 0.1) is 12.7 Å². The van der Waals surface area contributed by atoms with Crippen LogP contribution in [0.2, 0.25) is 0 Å². The minimum atomic E-state index is -0.395. The van der Waals surface area contributed by atoms with Gasteiger partial charge in [-0.05, 0) is 12.5 Å². The lowest BCUT2D eigenvalue weighted by Gasteiger charge is -2.03. The standard InChI is InChI=1S/C13H17ClN4O2/c1-20-6-2-4-16-13(19)12(8-15)7-11-9-17-18(10-11)5-3-14/h7,9-10H,2-6H2,1H3,(H,16,19)/b12-7-. The van der Waals surface area contributed by atoms with E-state index in [1.54, 1.807) is 24.2 Å². The van der Waals surface area contributed by atoms with Gasteiger partial charge in [-0.15, -0.1) is 11.6 Å². The molecule has 1 aromatic heterocycles. The highest BCUT2D eigenvalue weighted by molar-refractivity contribution is 6.17. The molecule has 1 aromatic rings. The Labute approximate surface area is 123 Å². The number of carbonyl (C=O) groups is 1. The van der Waals surface area contributed by atoms with E-state index in [4.69, 9.17) is 21.6 Å². The zero-order valence-electron chi connectivity index (χ0n) is 11.3. The first-order valence-electron chi connectivity index (χ1n) is 6.18.